The van der Waals surface area contributed by atoms with E-state index in [9.17, 15) is 9.59 Å². The fourth-order valence-electron chi connectivity index (χ4n) is 3.02. The summed E-state index contributed by atoms with van der Waals surface area (Å²) < 4.78 is 5.31. The number of aromatic nitrogens is 1. The number of amides is 1. The second-order valence-corrected chi connectivity index (χ2v) is 7.56. The van der Waals surface area contributed by atoms with Crippen LogP contribution in [-0.2, 0) is 9.53 Å². The average Bonchev–Trinajstić information content (AvgIpc) is 2.67. The van der Waals surface area contributed by atoms with Crippen molar-refractivity contribution in [3.63, 3.8) is 0 Å². The van der Waals surface area contributed by atoms with Crippen molar-refractivity contribution < 1.29 is 14.3 Å². The summed E-state index contributed by atoms with van der Waals surface area (Å²) in [6.07, 6.45) is 7.21. The van der Waals surface area contributed by atoms with Crippen LogP contribution in [0.5, 0.6) is 0 Å². The molecule has 0 aliphatic carbocycles. The Hall–Kier alpha value is -2.34. The Labute approximate surface area is 164 Å². The molecule has 1 amide bonds. The highest BCUT2D eigenvalue weighted by atomic mass is 32.2. The number of carbonyl (C=O) groups is 2. The molecule has 2 aromatic rings. The molecule has 0 bridgehead atoms. The Morgan fingerprint density at radius 1 is 0.963 bits per heavy atom. The monoisotopic (exact) mass is 384 g/mol. The number of carbonyl (C=O) groups excluding carboxylic acids is 2. The van der Waals surface area contributed by atoms with Crippen molar-refractivity contribution in [2.75, 3.05) is 19.7 Å². The molecule has 0 unspecified atom stereocenters. The van der Waals surface area contributed by atoms with Crippen LogP contribution in [0.1, 0.15) is 42.5 Å². The van der Waals surface area contributed by atoms with Gasteiger partial charge in [0.1, 0.15) is 5.03 Å². The molecule has 27 heavy (non-hydrogen) atoms. The van der Waals surface area contributed by atoms with Crippen LogP contribution in [0.15, 0.2) is 58.6 Å². The van der Waals surface area contributed by atoms with Gasteiger partial charge < -0.3 is 9.64 Å². The highest BCUT2D eigenvalue weighted by molar-refractivity contribution is 7.99. The normalized spacial score (nSPS) is 14.9. The van der Waals surface area contributed by atoms with Crippen LogP contribution in [-0.4, -0.2) is 41.5 Å². The molecule has 5 nitrogen and oxygen atoms in total. The predicted molar refractivity (Wildman–Crippen MR) is 105 cm³/mol. The van der Waals surface area contributed by atoms with E-state index in [0.29, 0.717) is 10.6 Å². The Balaban J connectivity index is 1.60. The van der Waals surface area contributed by atoms with Crippen molar-refractivity contribution >= 4 is 23.6 Å². The summed E-state index contributed by atoms with van der Waals surface area (Å²) in [5.41, 5.74) is 0.381. The van der Waals surface area contributed by atoms with Crippen LogP contribution in [0.2, 0.25) is 0 Å². The zero-order valence-electron chi connectivity index (χ0n) is 15.3. The topological polar surface area (TPSA) is 59.5 Å². The van der Waals surface area contributed by atoms with Crippen LogP contribution in [0.25, 0.3) is 0 Å². The third-order valence-corrected chi connectivity index (χ3v) is 5.51. The zero-order chi connectivity index (χ0) is 18.9. The molecule has 1 saturated heterocycles. The minimum absolute atomic E-state index is 0.119. The lowest BCUT2D eigenvalue weighted by atomic mass is 10.1. The molecule has 6 heteroatoms. The lowest BCUT2D eigenvalue weighted by Gasteiger charge is -2.24. The lowest BCUT2D eigenvalue weighted by molar-refractivity contribution is -0.134. The first kappa shape index (κ1) is 19.4. The Kier molecular flexibility index (Phi) is 7.27. The molecule has 2 heterocycles. The number of likely N-dealkylation sites (tertiary alicyclic amines) is 1. The van der Waals surface area contributed by atoms with Crippen molar-refractivity contribution in [3.8, 4) is 0 Å². The molecule has 0 N–H and O–H groups in total. The molecule has 1 aromatic carbocycles. The summed E-state index contributed by atoms with van der Waals surface area (Å²) >= 11 is 1.40. The van der Waals surface area contributed by atoms with Gasteiger partial charge in [-0.2, -0.15) is 0 Å². The second-order valence-electron chi connectivity index (χ2n) is 6.50. The van der Waals surface area contributed by atoms with Gasteiger partial charge in [0.25, 0.3) is 5.91 Å². The first-order chi connectivity index (χ1) is 13.2. The summed E-state index contributed by atoms with van der Waals surface area (Å²) in [6.45, 7) is 1.28. The number of ether oxygens (including phenoxy) is 1. The molecular weight excluding hydrogens is 360 g/mol. The average molecular weight is 385 g/mol. The molecule has 1 aliphatic rings. The third kappa shape index (κ3) is 5.82. The van der Waals surface area contributed by atoms with E-state index in [1.165, 1.54) is 18.2 Å². The van der Waals surface area contributed by atoms with Gasteiger partial charge in [-0.25, -0.2) is 9.78 Å². The molecule has 0 spiro atoms. The first-order valence-electron chi connectivity index (χ1n) is 9.37. The number of hydrogen-bond donors (Lipinski definition) is 0. The highest BCUT2D eigenvalue weighted by Gasteiger charge is 2.19. The number of nitrogens with zero attached hydrogens (tertiary/aromatic N) is 2. The quantitative estimate of drug-likeness (QED) is 0.724. The van der Waals surface area contributed by atoms with Gasteiger partial charge in [0.2, 0.25) is 0 Å². The molecule has 0 atom stereocenters. The van der Waals surface area contributed by atoms with Gasteiger partial charge >= 0.3 is 5.97 Å². The van der Waals surface area contributed by atoms with Crippen LogP contribution in [0.3, 0.4) is 0 Å². The van der Waals surface area contributed by atoms with E-state index < -0.39 is 5.97 Å². The maximum Gasteiger partial charge on any atom is 0.341 e. The summed E-state index contributed by atoms with van der Waals surface area (Å²) in [7, 11) is 0. The molecule has 1 aliphatic heterocycles. The summed E-state index contributed by atoms with van der Waals surface area (Å²) in [5, 5.41) is 0.576. The van der Waals surface area contributed by atoms with Gasteiger partial charge in [0.05, 0.1) is 5.56 Å². The maximum absolute atomic E-state index is 12.5. The van der Waals surface area contributed by atoms with E-state index in [-0.39, 0.29) is 12.5 Å². The standard InChI is InChI=1S/C21H24N2O3S/c24-19(23-14-7-2-1-3-8-15-23)16-26-21(25)18-12-9-13-22-20(18)27-17-10-5-4-6-11-17/h4-6,9-13H,1-3,7-8,14-16H2. The molecule has 0 radical (unpaired) electrons. The van der Waals surface area contributed by atoms with Gasteiger partial charge in [-0.3, -0.25) is 4.79 Å². The van der Waals surface area contributed by atoms with Crippen LogP contribution in [0.4, 0.5) is 0 Å². The minimum Gasteiger partial charge on any atom is -0.452 e. The Morgan fingerprint density at radius 3 is 2.41 bits per heavy atom. The molecule has 1 fully saturated rings. The van der Waals surface area contributed by atoms with Crippen molar-refractivity contribution in [1.29, 1.82) is 0 Å². The molecule has 3 rings (SSSR count). The van der Waals surface area contributed by atoms with Crippen LogP contribution >= 0.6 is 11.8 Å². The lowest BCUT2D eigenvalue weighted by Crippen LogP contribution is -2.37. The Morgan fingerprint density at radius 2 is 1.67 bits per heavy atom. The van der Waals surface area contributed by atoms with Gasteiger partial charge in [-0.15, -0.1) is 0 Å². The van der Waals surface area contributed by atoms with E-state index in [1.807, 2.05) is 35.2 Å². The molecule has 0 saturated carbocycles. The van der Waals surface area contributed by atoms with Crippen molar-refractivity contribution in [3.05, 3.63) is 54.2 Å². The van der Waals surface area contributed by atoms with Gasteiger partial charge in [0.15, 0.2) is 6.61 Å². The Bertz CT molecular complexity index is 759. The zero-order valence-corrected chi connectivity index (χ0v) is 16.1. The maximum atomic E-state index is 12.5. The molecule has 142 valence electrons. The summed E-state index contributed by atoms with van der Waals surface area (Å²) in [4.78, 5) is 32.0. The van der Waals surface area contributed by atoms with Crippen molar-refractivity contribution in [2.24, 2.45) is 0 Å². The van der Waals surface area contributed by atoms with Crippen molar-refractivity contribution in [1.82, 2.24) is 9.88 Å². The van der Waals surface area contributed by atoms with Crippen LogP contribution < -0.4 is 0 Å². The van der Waals surface area contributed by atoms with E-state index in [1.54, 1.807) is 18.3 Å². The summed E-state index contributed by atoms with van der Waals surface area (Å²) in [6, 6.07) is 13.1. The largest absolute Gasteiger partial charge is 0.452 e. The van der Waals surface area contributed by atoms with Gasteiger partial charge in [-0.05, 0) is 37.1 Å². The number of pyridine rings is 1. The van der Waals surface area contributed by atoms with Crippen molar-refractivity contribution in [2.45, 2.75) is 42.0 Å². The number of hydrogen-bond acceptors (Lipinski definition) is 5. The summed E-state index contributed by atoms with van der Waals surface area (Å²) in [5.74, 6) is -0.631. The molecular formula is C21H24N2O3S. The smallest absolute Gasteiger partial charge is 0.341 e. The van der Waals surface area contributed by atoms with E-state index in [4.69, 9.17) is 4.74 Å². The van der Waals surface area contributed by atoms with E-state index >= 15 is 0 Å². The minimum atomic E-state index is -0.512. The predicted octanol–water partition coefficient (Wildman–Crippen LogP) is 4.18. The van der Waals surface area contributed by atoms with E-state index in [0.717, 1.165) is 43.7 Å². The fraction of sp³-hybridized carbons (Fsp3) is 0.381. The van der Waals surface area contributed by atoms with Gasteiger partial charge in [0, 0.05) is 24.2 Å². The SMILES string of the molecule is O=C(OCC(=O)N1CCCCCCC1)c1cccnc1Sc1ccccc1. The molecule has 1 aromatic heterocycles. The van der Waals surface area contributed by atoms with Gasteiger partial charge in [-0.1, -0.05) is 49.2 Å². The fourth-order valence-corrected chi connectivity index (χ4v) is 3.91. The number of rotatable bonds is 5. The van der Waals surface area contributed by atoms with Crippen LogP contribution in [0, 0.1) is 0 Å². The third-order valence-electron chi connectivity index (χ3n) is 4.48. The highest BCUT2D eigenvalue weighted by Crippen LogP contribution is 2.28. The number of benzene rings is 1. The first-order valence-corrected chi connectivity index (χ1v) is 10.2. The van der Waals surface area contributed by atoms with E-state index in [2.05, 4.69) is 4.98 Å². The second kappa shape index (κ2) is 10.1. The number of esters is 1.